The number of carbonyl (C=O) groups is 2. The van der Waals surface area contributed by atoms with Crippen molar-refractivity contribution < 1.29 is 9.59 Å². The molecule has 1 aliphatic rings. The van der Waals surface area contributed by atoms with Gasteiger partial charge in [-0.15, -0.1) is 5.10 Å². The van der Waals surface area contributed by atoms with Crippen molar-refractivity contribution in [1.29, 1.82) is 0 Å². The Morgan fingerprint density at radius 3 is 2.72 bits per heavy atom. The highest BCUT2D eigenvalue weighted by atomic mass is 35.5. The second kappa shape index (κ2) is 5.79. The van der Waals surface area contributed by atoms with Crippen LogP contribution in [-0.2, 0) is 16.9 Å². The van der Waals surface area contributed by atoms with E-state index in [1.54, 1.807) is 6.92 Å². The second-order valence-corrected chi connectivity index (χ2v) is 7.32. The van der Waals surface area contributed by atoms with Crippen molar-refractivity contribution in [2.75, 3.05) is 0 Å². The van der Waals surface area contributed by atoms with E-state index in [1.165, 1.54) is 0 Å². The highest BCUT2D eigenvalue weighted by Gasteiger charge is 2.49. The number of halogens is 1. The average Bonchev–Trinajstić information content (AvgIpc) is 3.11. The molecule has 1 unspecified atom stereocenters. The number of nitrogens with one attached hydrogen (secondary N) is 1. The van der Waals surface area contributed by atoms with Gasteiger partial charge in [0.1, 0.15) is 15.6 Å². The quantitative estimate of drug-likeness (QED) is 0.716. The lowest BCUT2D eigenvalue weighted by Crippen LogP contribution is -2.41. The lowest BCUT2D eigenvalue weighted by atomic mass is 9.88. The number of amides is 3. The molecule has 0 spiro atoms. The summed E-state index contributed by atoms with van der Waals surface area (Å²) < 4.78 is 4.11. The fourth-order valence-electron chi connectivity index (χ4n) is 3.13. The summed E-state index contributed by atoms with van der Waals surface area (Å²) in [5, 5.41) is 8.64. The van der Waals surface area contributed by atoms with Crippen LogP contribution in [0.2, 0.25) is 4.34 Å². The van der Waals surface area contributed by atoms with Crippen molar-refractivity contribution in [1.82, 2.24) is 19.8 Å². The highest BCUT2D eigenvalue weighted by Crippen LogP contribution is 2.34. The summed E-state index contributed by atoms with van der Waals surface area (Å²) in [7, 11) is 0. The van der Waals surface area contributed by atoms with E-state index in [0.717, 1.165) is 32.8 Å². The van der Waals surface area contributed by atoms with Crippen molar-refractivity contribution in [3.8, 4) is 0 Å². The molecule has 126 valence electrons. The number of hydrogen-bond acceptors (Lipinski definition) is 5. The topological polar surface area (TPSA) is 75.2 Å². The molecule has 6 nitrogen and oxygen atoms in total. The first-order valence-corrected chi connectivity index (χ1v) is 8.75. The number of benzene rings is 2. The monoisotopic (exact) mass is 372 g/mol. The maximum absolute atomic E-state index is 13.1. The summed E-state index contributed by atoms with van der Waals surface area (Å²) in [5.41, 5.74) is 0.0275. The standard InChI is InChI=1S/C17H13ClN4O2S/c1-17(12-8-4-6-10-5-2-3-7-11(10)12)15(23)22(16(24)19-17)9-13-14(18)25-21-20-13/h2-8H,9H2,1H3,(H,19,24). The zero-order valence-corrected chi connectivity index (χ0v) is 14.8. The average molecular weight is 373 g/mol. The van der Waals surface area contributed by atoms with Crippen LogP contribution in [0.1, 0.15) is 18.2 Å². The number of rotatable bonds is 3. The first kappa shape index (κ1) is 16.0. The van der Waals surface area contributed by atoms with Gasteiger partial charge in [0.05, 0.1) is 6.54 Å². The Labute approximate surface area is 152 Å². The molecule has 1 fully saturated rings. The maximum atomic E-state index is 13.1. The minimum absolute atomic E-state index is 0.000353. The van der Waals surface area contributed by atoms with Crippen molar-refractivity contribution >= 4 is 45.8 Å². The van der Waals surface area contributed by atoms with E-state index in [-0.39, 0.29) is 12.5 Å². The number of imide groups is 1. The molecule has 3 amide bonds. The molecule has 8 heteroatoms. The number of hydrogen-bond donors (Lipinski definition) is 1. The third-order valence-electron chi connectivity index (χ3n) is 4.42. The highest BCUT2D eigenvalue weighted by molar-refractivity contribution is 7.10. The minimum atomic E-state index is -1.14. The van der Waals surface area contributed by atoms with Crippen LogP contribution in [-0.4, -0.2) is 26.4 Å². The van der Waals surface area contributed by atoms with Crippen LogP contribution in [0.5, 0.6) is 0 Å². The van der Waals surface area contributed by atoms with E-state index in [9.17, 15) is 9.59 Å². The molecule has 0 saturated carbocycles. The van der Waals surface area contributed by atoms with Gasteiger partial charge in [-0.1, -0.05) is 58.6 Å². The van der Waals surface area contributed by atoms with Crippen LogP contribution in [0.25, 0.3) is 10.8 Å². The molecule has 0 radical (unpaired) electrons. The Hall–Kier alpha value is -2.51. The van der Waals surface area contributed by atoms with Crippen LogP contribution in [0, 0.1) is 0 Å². The summed E-state index contributed by atoms with van der Waals surface area (Å²) in [6.07, 6.45) is 0. The Morgan fingerprint density at radius 2 is 1.96 bits per heavy atom. The van der Waals surface area contributed by atoms with E-state index < -0.39 is 11.6 Å². The zero-order valence-electron chi connectivity index (χ0n) is 13.2. The Kier molecular flexibility index (Phi) is 3.70. The first-order chi connectivity index (χ1) is 12.0. The lowest BCUT2D eigenvalue weighted by molar-refractivity contribution is -0.131. The largest absolute Gasteiger partial charge is 0.325 e. The van der Waals surface area contributed by atoms with Gasteiger partial charge in [-0.3, -0.25) is 9.69 Å². The Balaban J connectivity index is 1.76. The van der Waals surface area contributed by atoms with Crippen molar-refractivity contribution in [2.45, 2.75) is 19.0 Å². The van der Waals surface area contributed by atoms with Crippen LogP contribution in [0.3, 0.4) is 0 Å². The molecule has 1 N–H and O–H groups in total. The Bertz CT molecular complexity index is 1000. The number of urea groups is 1. The molecule has 2 heterocycles. The number of nitrogens with zero attached hydrogens (tertiary/aromatic N) is 3. The van der Waals surface area contributed by atoms with E-state index in [0.29, 0.717) is 10.0 Å². The van der Waals surface area contributed by atoms with Gasteiger partial charge in [-0.2, -0.15) is 0 Å². The predicted molar refractivity (Wildman–Crippen MR) is 95.3 cm³/mol. The van der Waals surface area contributed by atoms with Crippen molar-refractivity contribution in [3.05, 3.63) is 58.1 Å². The molecule has 4 rings (SSSR count). The van der Waals surface area contributed by atoms with Crippen LogP contribution < -0.4 is 5.32 Å². The summed E-state index contributed by atoms with van der Waals surface area (Å²) >= 11 is 7.03. The molecule has 1 aliphatic heterocycles. The number of fused-ring (bicyclic) bond motifs is 1. The zero-order chi connectivity index (χ0) is 17.6. The lowest BCUT2D eigenvalue weighted by Gasteiger charge is -2.24. The molecule has 1 saturated heterocycles. The van der Waals surface area contributed by atoms with Crippen LogP contribution in [0.15, 0.2) is 42.5 Å². The molecule has 3 aromatic rings. The summed E-state index contributed by atoms with van der Waals surface area (Å²) in [5.74, 6) is -0.335. The smallest absolute Gasteiger partial charge is 0.319 e. The summed E-state index contributed by atoms with van der Waals surface area (Å²) in [6.45, 7) is 1.72. The maximum Gasteiger partial charge on any atom is 0.325 e. The van der Waals surface area contributed by atoms with E-state index >= 15 is 0 Å². The molecule has 0 bridgehead atoms. The minimum Gasteiger partial charge on any atom is -0.319 e. The number of aromatic nitrogens is 2. The number of carbonyl (C=O) groups excluding carboxylic acids is 2. The van der Waals surface area contributed by atoms with Crippen LogP contribution in [0.4, 0.5) is 4.79 Å². The van der Waals surface area contributed by atoms with Crippen molar-refractivity contribution in [2.24, 2.45) is 0 Å². The van der Waals surface area contributed by atoms with Gasteiger partial charge in [0.2, 0.25) is 0 Å². The molecule has 25 heavy (non-hydrogen) atoms. The van der Waals surface area contributed by atoms with Gasteiger partial charge in [0, 0.05) is 11.5 Å². The molecule has 1 aromatic heterocycles. The van der Waals surface area contributed by atoms with E-state index in [4.69, 9.17) is 11.6 Å². The fraction of sp³-hybridized carbons (Fsp3) is 0.176. The van der Waals surface area contributed by atoms with Gasteiger partial charge in [0.25, 0.3) is 5.91 Å². The van der Waals surface area contributed by atoms with Crippen molar-refractivity contribution in [3.63, 3.8) is 0 Å². The van der Waals surface area contributed by atoms with Gasteiger partial charge >= 0.3 is 6.03 Å². The third kappa shape index (κ3) is 2.47. The molecule has 1 atom stereocenters. The van der Waals surface area contributed by atoms with Gasteiger partial charge in [0.15, 0.2) is 0 Å². The SMILES string of the molecule is CC1(c2cccc3ccccc23)NC(=O)N(Cc2nnsc2Cl)C1=O. The van der Waals surface area contributed by atoms with E-state index in [2.05, 4.69) is 14.9 Å². The van der Waals surface area contributed by atoms with Gasteiger partial charge in [-0.05, 0) is 23.3 Å². The molecule has 2 aromatic carbocycles. The molecular formula is C17H13ClN4O2S. The fourth-order valence-corrected chi connectivity index (χ4v) is 3.74. The summed E-state index contributed by atoms with van der Waals surface area (Å²) in [4.78, 5) is 26.7. The molecule has 0 aliphatic carbocycles. The third-order valence-corrected chi connectivity index (χ3v) is 5.40. The second-order valence-electron chi connectivity index (χ2n) is 5.97. The predicted octanol–water partition coefficient (Wildman–Crippen LogP) is 3.31. The van der Waals surface area contributed by atoms with E-state index in [1.807, 2.05) is 42.5 Å². The van der Waals surface area contributed by atoms with Gasteiger partial charge < -0.3 is 5.32 Å². The Morgan fingerprint density at radius 1 is 1.20 bits per heavy atom. The first-order valence-electron chi connectivity index (χ1n) is 7.60. The van der Waals surface area contributed by atoms with Crippen LogP contribution >= 0.6 is 23.1 Å². The van der Waals surface area contributed by atoms with Gasteiger partial charge in [-0.25, -0.2) is 4.79 Å². The molecular weight excluding hydrogens is 360 g/mol. The summed E-state index contributed by atoms with van der Waals surface area (Å²) in [6, 6.07) is 13.0. The normalized spacial score (nSPS) is 20.3.